The lowest BCUT2D eigenvalue weighted by molar-refractivity contribution is 0.0466. The Labute approximate surface area is 163 Å². The number of halogens is 1. The highest BCUT2D eigenvalue weighted by Gasteiger charge is 2.12. The molecule has 0 aliphatic heterocycles. The lowest BCUT2D eigenvalue weighted by Crippen LogP contribution is -2.40. The van der Waals surface area contributed by atoms with Gasteiger partial charge in [-0.05, 0) is 25.0 Å². The number of guanidine groups is 1. The van der Waals surface area contributed by atoms with Crippen LogP contribution in [0.1, 0.15) is 44.2 Å². The Hall–Kier alpha value is -0.760. The van der Waals surface area contributed by atoms with Gasteiger partial charge >= 0.3 is 0 Å². The predicted octanol–water partition coefficient (Wildman–Crippen LogP) is 3.39. The summed E-state index contributed by atoms with van der Waals surface area (Å²) in [5.74, 6) is 0.913. The van der Waals surface area contributed by atoms with Crippen molar-refractivity contribution < 1.29 is 4.74 Å². The largest absolute Gasteiger partial charge is 0.376 e. The summed E-state index contributed by atoms with van der Waals surface area (Å²) in [7, 11) is 5.96. The van der Waals surface area contributed by atoms with Crippen LogP contribution < -0.4 is 5.32 Å². The second-order valence-electron chi connectivity index (χ2n) is 6.42. The second-order valence-corrected chi connectivity index (χ2v) is 6.42. The van der Waals surface area contributed by atoms with E-state index >= 15 is 0 Å². The number of aromatic nitrogens is 1. The molecule has 0 unspecified atom stereocenters. The normalized spacial score (nSPS) is 16.4. The van der Waals surface area contributed by atoms with Crippen LogP contribution in [0.3, 0.4) is 0 Å². The van der Waals surface area contributed by atoms with E-state index in [1.807, 2.05) is 7.05 Å². The van der Waals surface area contributed by atoms with Gasteiger partial charge in [0.15, 0.2) is 5.96 Å². The van der Waals surface area contributed by atoms with Crippen molar-refractivity contribution in [2.75, 3.05) is 27.2 Å². The molecule has 0 aromatic carbocycles. The first-order valence-corrected chi connectivity index (χ1v) is 8.84. The van der Waals surface area contributed by atoms with Gasteiger partial charge in [0, 0.05) is 39.6 Å². The van der Waals surface area contributed by atoms with Crippen molar-refractivity contribution in [2.24, 2.45) is 12.0 Å². The monoisotopic (exact) mass is 448 g/mol. The van der Waals surface area contributed by atoms with Crippen LogP contribution in [0.25, 0.3) is 0 Å². The average Bonchev–Trinajstić information content (AvgIpc) is 2.78. The summed E-state index contributed by atoms with van der Waals surface area (Å²) < 4.78 is 8.16. The minimum atomic E-state index is 0. The van der Waals surface area contributed by atoms with Gasteiger partial charge in [-0.2, -0.15) is 0 Å². The Morgan fingerprint density at radius 2 is 2.04 bits per heavy atom. The number of ether oxygens (including phenoxy) is 1. The number of hydrogen-bond donors (Lipinski definition) is 1. The van der Waals surface area contributed by atoms with Gasteiger partial charge in [-0.25, -0.2) is 0 Å². The highest BCUT2D eigenvalue weighted by molar-refractivity contribution is 14.0. The maximum absolute atomic E-state index is 6.02. The topological polar surface area (TPSA) is 41.8 Å². The Kier molecular flexibility index (Phi) is 10.4. The molecule has 0 amide bonds. The molecule has 1 aliphatic rings. The maximum atomic E-state index is 6.02. The smallest absolute Gasteiger partial charge is 0.193 e. The molecule has 1 fully saturated rings. The third-order valence-corrected chi connectivity index (χ3v) is 4.56. The molecule has 1 aliphatic carbocycles. The predicted molar refractivity (Wildman–Crippen MR) is 111 cm³/mol. The van der Waals surface area contributed by atoms with Crippen LogP contribution in [0.2, 0.25) is 0 Å². The van der Waals surface area contributed by atoms with Gasteiger partial charge in [-0.15, -0.1) is 24.0 Å². The van der Waals surface area contributed by atoms with Crippen LogP contribution in [0.4, 0.5) is 0 Å². The van der Waals surface area contributed by atoms with Crippen molar-refractivity contribution in [3.05, 3.63) is 24.0 Å². The van der Waals surface area contributed by atoms with E-state index in [-0.39, 0.29) is 24.0 Å². The fourth-order valence-electron chi connectivity index (χ4n) is 3.16. The maximum Gasteiger partial charge on any atom is 0.193 e. The Morgan fingerprint density at radius 3 is 2.62 bits per heavy atom. The second kappa shape index (κ2) is 11.7. The minimum Gasteiger partial charge on any atom is -0.376 e. The fourth-order valence-corrected chi connectivity index (χ4v) is 3.16. The molecule has 0 radical (unpaired) electrons. The molecule has 0 atom stereocenters. The first-order valence-electron chi connectivity index (χ1n) is 8.84. The van der Waals surface area contributed by atoms with Crippen molar-refractivity contribution >= 4 is 29.9 Å². The summed E-state index contributed by atoms with van der Waals surface area (Å²) in [6.07, 6.45) is 10.4. The molecule has 1 aromatic heterocycles. The van der Waals surface area contributed by atoms with E-state index in [0.29, 0.717) is 6.10 Å². The zero-order valence-corrected chi connectivity index (χ0v) is 17.7. The number of aryl methyl sites for hydroxylation is 1. The number of rotatable bonds is 6. The van der Waals surface area contributed by atoms with Crippen molar-refractivity contribution in [1.82, 2.24) is 14.8 Å². The van der Waals surface area contributed by atoms with Crippen LogP contribution in [-0.4, -0.2) is 48.8 Å². The van der Waals surface area contributed by atoms with Gasteiger partial charge in [0.2, 0.25) is 0 Å². The molecule has 0 spiro atoms. The molecule has 1 aromatic rings. The first kappa shape index (κ1) is 21.3. The number of nitrogens with one attached hydrogen (secondary N) is 1. The number of nitrogens with zero attached hydrogens (tertiary/aromatic N) is 3. The molecule has 1 saturated carbocycles. The average molecular weight is 448 g/mol. The molecule has 0 bridgehead atoms. The Morgan fingerprint density at radius 1 is 1.33 bits per heavy atom. The highest BCUT2D eigenvalue weighted by Crippen LogP contribution is 2.19. The van der Waals surface area contributed by atoms with E-state index < -0.39 is 0 Å². The minimum absolute atomic E-state index is 0. The van der Waals surface area contributed by atoms with E-state index in [0.717, 1.165) is 25.7 Å². The van der Waals surface area contributed by atoms with Crippen molar-refractivity contribution in [2.45, 2.75) is 51.2 Å². The standard InChI is InChI=1S/C18H32N4O.HI/c1-19-18(22(3)15-16-9-8-13-21(16)2)20-12-14-23-17-10-6-4-5-7-11-17;/h8-9,13,17H,4-7,10-12,14-15H2,1-3H3,(H,19,20);1H. The zero-order valence-electron chi connectivity index (χ0n) is 15.3. The van der Waals surface area contributed by atoms with Crippen LogP contribution in [0.15, 0.2) is 23.3 Å². The zero-order chi connectivity index (χ0) is 16.5. The highest BCUT2D eigenvalue weighted by atomic mass is 127. The summed E-state index contributed by atoms with van der Waals surface area (Å²) in [4.78, 5) is 6.50. The molecule has 2 rings (SSSR count). The molecular weight excluding hydrogens is 415 g/mol. The summed E-state index contributed by atoms with van der Waals surface area (Å²) >= 11 is 0. The van der Waals surface area contributed by atoms with Gasteiger partial charge in [-0.3, -0.25) is 4.99 Å². The lowest BCUT2D eigenvalue weighted by Gasteiger charge is -2.23. The van der Waals surface area contributed by atoms with E-state index in [1.165, 1.54) is 44.2 Å². The van der Waals surface area contributed by atoms with Crippen LogP contribution in [-0.2, 0) is 18.3 Å². The molecule has 0 saturated heterocycles. The Bertz CT molecular complexity index is 481. The SMILES string of the molecule is CN=C(NCCOC1CCCCCC1)N(C)Cc1cccn1C.I. The van der Waals surface area contributed by atoms with Crippen molar-refractivity contribution in [3.63, 3.8) is 0 Å². The third kappa shape index (κ3) is 7.01. The Balaban J connectivity index is 0.00000288. The third-order valence-electron chi connectivity index (χ3n) is 4.56. The molecule has 138 valence electrons. The number of hydrogen-bond acceptors (Lipinski definition) is 2. The van der Waals surface area contributed by atoms with Crippen LogP contribution in [0, 0.1) is 0 Å². The van der Waals surface area contributed by atoms with Crippen LogP contribution in [0.5, 0.6) is 0 Å². The summed E-state index contributed by atoms with van der Waals surface area (Å²) in [5, 5.41) is 3.40. The van der Waals surface area contributed by atoms with Crippen molar-refractivity contribution in [3.8, 4) is 0 Å². The summed E-state index contributed by atoms with van der Waals surface area (Å²) in [5.41, 5.74) is 1.27. The van der Waals surface area contributed by atoms with E-state index in [2.05, 4.69) is 52.2 Å². The molecule has 24 heavy (non-hydrogen) atoms. The first-order chi connectivity index (χ1) is 11.2. The van der Waals surface area contributed by atoms with Gasteiger partial charge in [0.05, 0.1) is 19.3 Å². The van der Waals surface area contributed by atoms with Gasteiger partial charge in [0.1, 0.15) is 0 Å². The number of aliphatic imine (C=N–C) groups is 1. The summed E-state index contributed by atoms with van der Waals surface area (Å²) in [6.45, 7) is 2.40. The molecular formula is C18H33IN4O. The van der Waals surface area contributed by atoms with Crippen molar-refractivity contribution in [1.29, 1.82) is 0 Å². The van der Waals surface area contributed by atoms with E-state index in [4.69, 9.17) is 4.74 Å². The fraction of sp³-hybridized carbons (Fsp3) is 0.722. The molecule has 1 heterocycles. The molecule has 1 N–H and O–H groups in total. The van der Waals surface area contributed by atoms with E-state index in [1.54, 1.807) is 0 Å². The quantitative estimate of drug-likeness (QED) is 0.239. The van der Waals surface area contributed by atoms with Gasteiger partial charge < -0.3 is 19.5 Å². The molecule has 5 nitrogen and oxygen atoms in total. The van der Waals surface area contributed by atoms with E-state index in [9.17, 15) is 0 Å². The molecule has 6 heteroatoms. The summed E-state index contributed by atoms with van der Waals surface area (Å²) in [6, 6.07) is 4.21. The van der Waals surface area contributed by atoms with Gasteiger partial charge in [-0.1, -0.05) is 25.7 Å². The lowest BCUT2D eigenvalue weighted by atomic mass is 10.1. The van der Waals surface area contributed by atoms with Gasteiger partial charge in [0.25, 0.3) is 0 Å². The van der Waals surface area contributed by atoms with Crippen LogP contribution >= 0.6 is 24.0 Å².